The van der Waals surface area contributed by atoms with E-state index in [2.05, 4.69) is 15.6 Å². The average Bonchev–Trinajstić information content (AvgIpc) is 2.77. The molecule has 1 saturated heterocycles. The minimum Gasteiger partial charge on any atom is -0.315 e. The molecule has 0 bridgehead atoms. The first-order valence-electron chi connectivity index (χ1n) is 4.71. The Balaban J connectivity index is 0.00000112. The lowest BCUT2D eigenvalue weighted by molar-refractivity contribution is -0.117. The summed E-state index contributed by atoms with van der Waals surface area (Å²) in [6.07, 6.45) is 2.02. The molecular formula is C9H15Cl2N3OS. The van der Waals surface area contributed by atoms with E-state index < -0.39 is 0 Å². The monoisotopic (exact) mass is 283 g/mol. The number of carbonyl (C=O) groups excluding carboxylic acids is 1. The molecule has 1 unspecified atom stereocenters. The maximum atomic E-state index is 11.7. The number of nitrogens with zero attached hydrogens (tertiary/aromatic N) is 1. The van der Waals surface area contributed by atoms with Crippen LogP contribution >= 0.6 is 36.2 Å². The van der Waals surface area contributed by atoms with E-state index in [-0.39, 0.29) is 36.8 Å². The van der Waals surface area contributed by atoms with Gasteiger partial charge in [-0.2, -0.15) is 0 Å². The lowest BCUT2D eigenvalue weighted by atomic mass is 10.2. The van der Waals surface area contributed by atoms with E-state index in [9.17, 15) is 4.79 Å². The summed E-state index contributed by atoms with van der Waals surface area (Å²) in [7, 11) is 0. The number of anilines is 1. The molecule has 1 amide bonds. The van der Waals surface area contributed by atoms with E-state index >= 15 is 0 Å². The molecular weight excluding hydrogens is 269 g/mol. The number of amides is 1. The molecule has 2 heterocycles. The fourth-order valence-electron chi connectivity index (χ4n) is 1.53. The normalized spacial score (nSPS) is 18.4. The maximum Gasteiger partial charge on any atom is 0.242 e. The van der Waals surface area contributed by atoms with E-state index in [1.807, 2.05) is 6.92 Å². The van der Waals surface area contributed by atoms with Gasteiger partial charge in [0.15, 0.2) is 0 Å². The van der Waals surface area contributed by atoms with Gasteiger partial charge in [-0.1, -0.05) is 0 Å². The number of nitrogens with one attached hydrogen (secondary N) is 2. The largest absolute Gasteiger partial charge is 0.315 e. The van der Waals surface area contributed by atoms with Gasteiger partial charge >= 0.3 is 0 Å². The Morgan fingerprint density at radius 2 is 2.38 bits per heavy atom. The van der Waals surface area contributed by atoms with E-state index in [4.69, 9.17) is 0 Å². The number of aromatic nitrogens is 1. The van der Waals surface area contributed by atoms with Crippen molar-refractivity contribution in [2.75, 3.05) is 11.9 Å². The second-order valence-corrected chi connectivity index (χ2v) is 4.26. The molecule has 1 aliphatic heterocycles. The van der Waals surface area contributed by atoms with Crippen LogP contribution in [0.15, 0.2) is 5.51 Å². The van der Waals surface area contributed by atoms with Crippen molar-refractivity contribution in [3.8, 4) is 0 Å². The summed E-state index contributed by atoms with van der Waals surface area (Å²) in [5, 5.41) is 6.91. The van der Waals surface area contributed by atoms with Gasteiger partial charge in [0.05, 0.1) is 17.2 Å². The Bertz CT molecular complexity index is 339. The van der Waals surface area contributed by atoms with E-state index in [1.165, 1.54) is 11.3 Å². The van der Waals surface area contributed by atoms with Crippen LogP contribution in [0.5, 0.6) is 0 Å². The Labute approximate surface area is 111 Å². The molecule has 4 nitrogen and oxygen atoms in total. The van der Waals surface area contributed by atoms with Crippen molar-refractivity contribution in [3.05, 3.63) is 11.2 Å². The number of hydrogen-bond donors (Lipinski definition) is 2. The number of rotatable bonds is 2. The molecule has 0 saturated carbocycles. The fourth-order valence-corrected chi connectivity index (χ4v) is 2.23. The molecule has 0 spiro atoms. The first-order valence-corrected chi connectivity index (χ1v) is 5.59. The van der Waals surface area contributed by atoms with Crippen LogP contribution in [-0.4, -0.2) is 23.5 Å². The second kappa shape index (κ2) is 7.06. The predicted molar refractivity (Wildman–Crippen MR) is 71.0 cm³/mol. The third-order valence-corrected chi connectivity index (χ3v) is 3.20. The summed E-state index contributed by atoms with van der Waals surface area (Å²) < 4.78 is 0. The van der Waals surface area contributed by atoms with E-state index in [0.717, 1.165) is 30.1 Å². The Kier molecular flexibility index (Phi) is 6.90. The summed E-state index contributed by atoms with van der Waals surface area (Å²) >= 11 is 1.47. The van der Waals surface area contributed by atoms with Crippen LogP contribution in [0, 0.1) is 6.92 Å². The zero-order valence-corrected chi connectivity index (χ0v) is 11.3. The molecule has 7 heteroatoms. The molecule has 2 rings (SSSR count). The van der Waals surface area contributed by atoms with Crippen molar-refractivity contribution in [2.24, 2.45) is 0 Å². The molecule has 0 aliphatic carbocycles. The number of hydrogen-bond acceptors (Lipinski definition) is 4. The van der Waals surface area contributed by atoms with Gasteiger partial charge in [-0.3, -0.25) is 4.79 Å². The van der Waals surface area contributed by atoms with Gasteiger partial charge in [-0.25, -0.2) is 4.98 Å². The highest BCUT2D eigenvalue weighted by Gasteiger charge is 2.22. The quantitative estimate of drug-likeness (QED) is 0.873. The average molecular weight is 284 g/mol. The molecule has 1 aliphatic rings. The van der Waals surface area contributed by atoms with Gasteiger partial charge < -0.3 is 10.6 Å². The van der Waals surface area contributed by atoms with Crippen LogP contribution in [-0.2, 0) is 4.79 Å². The van der Waals surface area contributed by atoms with Crippen LogP contribution in [0.3, 0.4) is 0 Å². The molecule has 16 heavy (non-hydrogen) atoms. The zero-order valence-electron chi connectivity index (χ0n) is 8.86. The Morgan fingerprint density at radius 3 is 2.88 bits per heavy atom. The maximum absolute atomic E-state index is 11.7. The third-order valence-electron chi connectivity index (χ3n) is 2.36. The van der Waals surface area contributed by atoms with Crippen molar-refractivity contribution in [1.29, 1.82) is 0 Å². The van der Waals surface area contributed by atoms with Crippen LogP contribution in [0.2, 0.25) is 0 Å². The highest BCUT2D eigenvalue weighted by molar-refractivity contribution is 7.14. The van der Waals surface area contributed by atoms with Crippen LogP contribution in [0.4, 0.5) is 5.00 Å². The van der Waals surface area contributed by atoms with E-state index in [1.54, 1.807) is 5.51 Å². The smallest absolute Gasteiger partial charge is 0.242 e. The van der Waals surface area contributed by atoms with Gasteiger partial charge in [0, 0.05) is 0 Å². The SMILES string of the molecule is Cc1ncsc1NC(=O)C1CCCN1.Cl.Cl. The minimum absolute atomic E-state index is 0. The summed E-state index contributed by atoms with van der Waals surface area (Å²) in [6, 6.07) is -0.0171. The Morgan fingerprint density at radius 1 is 1.62 bits per heavy atom. The summed E-state index contributed by atoms with van der Waals surface area (Å²) in [6.45, 7) is 2.84. The number of thiazole rings is 1. The third kappa shape index (κ3) is 3.59. The van der Waals surface area contributed by atoms with Crippen LogP contribution < -0.4 is 10.6 Å². The van der Waals surface area contributed by atoms with Crippen molar-refractivity contribution < 1.29 is 4.79 Å². The highest BCUT2D eigenvalue weighted by atomic mass is 35.5. The first kappa shape index (κ1) is 15.6. The lowest BCUT2D eigenvalue weighted by Gasteiger charge is -2.09. The number of halogens is 2. The molecule has 1 atom stereocenters. The van der Waals surface area contributed by atoms with Gasteiger partial charge in [0.1, 0.15) is 5.00 Å². The van der Waals surface area contributed by atoms with Gasteiger partial charge in [0.25, 0.3) is 0 Å². The zero-order chi connectivity index (χ0) is 9.97. The first-order chi connectivity index (χ1) is 6.77. The minimum atomic E-state index is -0.0171. The van der Waals surface area contributed by atoms with Crippen LogP contribution in [0.1, 0.15) is 18.5 Å². The number of carbonyl (C=O) groups is 1. The predicted octanol–water partition coefficient (Wildman–Crippen LogP) is 1.99. The molecule has 2 N–H and O–H groups in total. The molecule has 1 aromatic rings. The standard InChI is InChI=1S/C9H13N3OS.2ClH/c1-6-9(14-5-11-6)12-8(13)7-3-2-4-10-7;;/h5,7,10H,2-4H2,1H3,(H,12,13);2*1H. The lowest BCUT2D eigenvalue weighted by Crippen LogP contribution is -2.35. The van der Waals surface area contributed by atoms with Crippen molar-refractivity contribution >= 4 is 47.1 Å². The molecule has 92 valence electrons. The molecule has 0 aromatic carbocycles. The fraction of sp³-hybridized carbons (Fsp3) is 0.556. The van der Waals surface area contributed by atoms with Gasteiger partial charge in [-0.05, 0) is 26.3 Å². The van der Waals surface area contributed by atoms with Crippen LogP contribution in [0.25, 0.3) is 0 Å². The van der Waals surface area contributed by atoms with Crippen molar-refractivity contribution in [2.45, 2.75) is 25.8 Å². The topological polar surface area (TPSA) is 54.0 Å². The van der Waals surface area contributed by atoms with Crippen molar-refractivity contribution in [1.82, 2.24) is 10.3 Å². The molecule has 1 aromatic heterocycles. The summed E-state index contributed by atoms with van der Waals surface area (Å²) in [4.78, 5) is 15.7. The van der Waals surface area contributed by atoms with Gasteiger partial charge in [-0.15, -0.1) is 36.2 Å². The molecule has 0 radical (unpaired) electrons. The van der Waals surface area contributed by atoms with Crippen molar-refractivity contribution in [3.63, 3.8) is 0 Å². The second-order valence-electron chi connectivity index (χ2n) is 3.41. The Hall–Kier alpha value is -0.360. The molecule has 1 fully saturated rings. The summed E-state index contributed by atoms with van der Waals surface area (Å²) in [5.41, 5.74) is 2.63. The highest BCUT2D eigenvalue weighted by Crippen LogP contribution is 2.19. The number of aryl methyl sites for hydroxylation is 1. The van der Waals surface area contributed by atoms with Gasteiger partial charge in [0.2, 0.25) is 5.91 Å². The van der Waals surface area contributed by atoms with E-state index in [0.29, 0.717) is 0 Å². The summed E-state index contributed by atoms with van der Waals surface area (Å²) in [5.74, 6) is 0.0647.